The normalized spacial score (nSPS) is 11.4. The molecule has 0 aliphatic carbocycles. The molecule has 0 amide bonds. The number of alkyl halides is 3. The Hall–Kier alpha value is -2.79. The lowest BCUT2D eigenvalue weighted by molar-refractivity contribution is -0.274. The molecule has 3 aromatic rings. The van der Waals surface area contributed by atoms with Crippen molar-refractivity contribution < 1.29 is 23.0 Å². The molecule has 0 atom stereocenters. The summed E-state index contributed by atoms with van der Waals surface area (Å²) in [7, 11) is 0. The number of hydrogen-bond acceptors (Lipinski definition) is 2. The molecule has 0 aliphatic heterocycles. The van der Waals surface area contributed by atoms with E-state index in [4.69, 9.17) is 5.11 Å². The van der Waals surface area contributed by atoms with Gasteiger partial charge < -0.3 is 9.84 Å². The Morgan fingerprint density at radius 2 is 1.07 bits per heavy atom. The zero-order valence-electron chi connectivity index (χ0n) is 15.2. The van der Waals surface area contributed by atoms with Crippen LogP contribution >= 0.6 is 0 Å². The Kier molecular flexibility index (Phi) is 6.37. The van der Waals surface area contributed by atoms with Gasteiger partial charge in [-0.3, -0.25) is 0 Å². The maximum absolute atomic E-state index is 12.2. The fourth-order valence-corrected chi connectivity index (χ4v) is 3.01. The molecule has 0 heterocycles. The summed E-state index contributed by atoms with van der Waals surface area (Å²) in [5.41, 5.74) is 5.16. The molecule has 3 aromatic carbocycles. The fourth-order valence-electron chi connectivity index (χ4n) is 3.01. The number of aliphatic hydroxyl groups is 1. The minimum atomic E-state index is -4.68. The molecule has 5 heteroatoms. The summed E-state index contributed by atoms with van der Waals surface area (Å²) in [5, 5.41) is 8.85. The Bertz CT molecular complexity index is 868. The summed E-state index contributed by atoms with van der Waals surface area (Å²) in [5.74, 6) is -0.230. The van der Waals surface area contributed by atoms with Gasteiger partial charge in [-0.15, -0.1) is 13.2 Å². The first kappa shape index (κ1) is 20.0. The van der Waals surface area contributed by atoms with Crippen LogP contribution in [-0.4, -0.2) is 18.1 Å². The Morgan fingerprint density at radius 3 is 1.50 bits per heavy atom. The monoisotopic (exact) mass is 386 g/mol. The molecule has 0 saturated heterocycles. The average Bonchev–Trinajstić information content (AvgIpc) is 2.68. The quantitative estimate of drug-likeness (QED) is 0.488. The summed E-state index contributed by atoms with van der Waals surface area (Å²) in [6.45, 7) is 0.225. The van der Waals surface area contributed by atoms with Crippen LogP contribution in [0.25, 0.3) is 22.3 Å². The Morgan fingerprint density at radius 1 is 0.643 bits per heavy atom. The van der Waals surface area contributed by atoms with Gasteiger partial charge >= 0.3 is 6.36 Å². The molecule has 2 nitrogen and oxygen atoms in total. The number of unbranched alkanes of at least 4 members (excludes halogenated alkanes) is 1. The molecule has 0 bridgehead atoms. The smallest absolute Gasteiger partial charge is 0.406 e. The summed E-state index contributed by atoms with van der Waals surface area (Å²) in [4.78, 5) is 0. The lowest BCUT2D eigenvalue weighted by Gasteiger charge is -2.10. The summed E-state index contributed by atoms with van der Waals surface area (Å²) < 4.78 is 40.6. The molecule has 1 N–H and O–H groups in total. The molecule has 0 aliphatic rings. The SMILES string of the molecule is OCCCCc1ccc(-c2ccc(-c3ccc(OC(F)(F)F)cc3)cc2)cc1. The third-order valence-electron chi connectivity index (χ3n) is 4.47. The highest BCUT2D eigenvalue weighted by molar-refractivity contribution is 5.70. The molecule has 0 radical (unpaired) electrons. The number of aryl methyl sites for hydroxylation is 1. The minimum absolute atomic E-state index is 0.225. The molecule has 0 fully saturated rings. The first-order chi connectivity index (χ1) is 13.4. The van der Waals surface area contributed by atoms with Crippen LogP contribution in [0.15, 0.2) is 72.8 Å². The van der Waals surface area contributed by atoms with E-state index in [1.165, 1.54) is 17.7 Å². The van der Waals surface area contributed by atoms with Crippen molar-refractivity contribution in [1.82, 2.24) is 0 Å². The van der Waals surface area contributed by atoms with Gasteiger partial charge in [0, 0.05) is 6.61 Å². The van der Waals surface area contributed by atoms with Crippen LogP contribution in [0.3, 0.4) is 0 Å². The van der Waals surface area contributed by atoms with E-state index < -0.39 is 6.36 Å². The second-order valence-electron chi connectivity index (χ2n) is 6.53. The van der Waals surface area contributed by atoms with E-state index in [1.54, 1.807) is 12.1 Å². The molecule has 0 aromatic heterocycles. The van der Waals surface area contributed by atoms with E-state index in [2.05, 4.69) is 29.0 Å². The van der Waals surface area contributed by atoms with E-state index in [0.717, 1.165) is 41.5 Å². The van der Waals surface area contributed by atoms with Gasteiger partial charge in [0.2, 0.25) is 0 Å². The number of benzene rings is 3. The van der Waals surface area contributed by atoms with Crippen molar-refractivity contribution >= 4 is 0 Å². The maximum atomic E-state index is 12.2. The van der Waals surface area contributed by atoms with Crippen LogP contribution in [0, 0.1) is 0 Å². The van der Waals surface area contributed by atoms with Gasteiger partial charge in [-0.05, 0) is 59.2 Å². The molecular formula is C23H21F3O2. The number of rotatable bonds is 7. The number of halogens is 3. The van der Waals surface area contributed by atoms with Gasteiger partial charge in [-0.2, -0.15) is 0 Å². The lowest BCUT2D eigenvalue weighted by atomic mass is 9.99. The molecular weight excluding hydrogens is 365 g/mol. The van der Waals surface area contributed by atoms with Crippen LogP contribution in [0.5, 0.6) is 5.75 Å². The molecule has 3 rings (SSSR count). The fraction of sp³-hybridized carbons (Fsp3) is 0.217. The van der Waals surface area contributed by atoms with E-state index in [0.29, 0.717) is 0 Å². The summed E-state index contributed by atoms with van der Waals surface area (Å²) in [6.07, 6.45) is -1.95. The van der Waals surface area contributed by atoms with Gasteiger partial charge in [-0.1, -0.05) is 60.7 Å². The maximum Gasteiger partial charge on any atom is 0.573 e. The first-order valence-corrected chi connectivity index (χ1v) is 9.11. The Balaban J connectivity index is 1.68. The topological polar surface area (TPSA) is 29.5 Å². The molecule has 0 saturated carbocycles. The first-order valence-electron chi connectivity index (χ1n) is 9.11. The summed E-state index contributed by atoms with van der Waals surface area (Å²) in [6, 6.07) is 22.1. The largest absolute Gasteiger partial charge is 0.573 e. The highest BCUT2D eigenvalue weighted by Gasteiger charge is 2.30. The van der Waals surface area contributed by atoms with Gasteiger partial charge in [0.05, 0.1) is 0 Å². The number of hydrogen-bond donors (Lipinski definition) is 1. The van der Waals surface area contributed by atoms with Gasteiger partial charge in [0.25, 0.3) is 0 Å². The molecule has 0 unspecified atom stereocenters. The average molecular weight is 386 g/mol. The Labute approximate surface area is 162 Å². The van der Waals surface area contributed by atoms with Crippen LogP contribution in [-0.2, 0) is 6.42 Å². The third-order valence-corrected chi connectivity index (χ3v) is 4.47. The van der Waals surface area contributed by atoms with E-state index in [-0.39, 0.29) is 12.4 Å². The zero-order valence-corrected chi connectivity index (χ0v) is 15.2. The number of aliphatic hydroxyl groups excluding tert-OH is 1. The van der Waals surface area contributed by atoms with Crippen molar-refractivity contribution in [1.29, 1.82) is 0 Å². The van der Waals surface area contributed by atoms with E-state index in [1.807, 2.05) is 24.3 Å². The third kappa shape index (κ3) is 5.60. The predicted octanol–water partition coefficient (Wildman–Crippen LogP) is 6.23. The molecule has 28 heavy (non-hydrogen) atoms. The summed E-state index contributed by atoms with van der Waals surface area (Å²) >= 11 is 0. The second kappa shape index (κ2) is 8.93. The highest BCUT2D eigenvalue weighted by atomic mass is 19.4. The number of ether oxygens (including phenoxy) is 1. The van der Waals surface area contributed by atoms with Crippen LogP contribution in [0.1, 0.15) is 18.4 Å². The van der Waals surface area contributed by atoms with Gasteiger partial charge in [-0.25, -0.2) is 0 Å². The van der Waals surface area contributed by atoms with Crippen molar-refractivity contribution in [3.05, 3.63) is 78.4 Å². The molecule has 146 valence electrons. The van der Waals surface area contributed by atoms with E-state index in [9.17, 15) is 13.2 Å². The zero-order chi connectivity index (χ0) is 20.0. The molecule has 0 spiro atoms. The van der Waals surface area contributed by atoms with E-state index >= 15 is 0 Å². The van der Waals surface area contributed by atoms with Gasteiger partial charge in [0.15, 0.2) is 0 Å². The minimum Gasteiger partial charge on any atom is -0.406 e. The predicted molar refractivity (Wildman–Crippen MR) is 104 cm³/mol. The van der Waals surface area contributed by atoms with Crippen LogP contribution in [0.2, 0.25) is 0 Å². The highest BCUT2D eigenvalue weighted by Crippen LogP contribution is 2.28. The van der Waals surface area contributed by atoms with Crippen molar-refractivity contribution in [2.75, 3.05) is 6.61 Å². The van der Waals surface area contributed by atoms with Gasteiger partial charge in [0.1, 0.15) is 5.75 Å². The lowest BCUT2D eigenvalue weighted by Crippen LogP contribution is -2.16. The van der Waals surface area contributed by atoms with Crippen LogP contribution in [0.4, 0.5) is 13.2 Å². The van der Waals surface area contributed by atoms with Crippen molar-refractivity contribution in [2.45, 2.75) is 25.6 Å². The second-order valence-corrected chi connectivity index (χ2v) is 6.53. The van der Waals surface area contributed by atoms with Crippen molar-refractivity contribution in [3.8, 4) is 28.0 Å². The van der Waals surface area contributed by atoms with Crippen molar-refractivity contribution in [3.63, 3.8) is 0 Å². The van der Waals surface area contributed by atoms with Crippen molar-refractivity contribution in [2.24, 2.45) is 0 Å². The standard InChI is InChI=1S/C23H21F3O2/c24-23(25,26)28-22-14-12-21(13-15-22)20-10-8-19(9-11-20)18-6-4-17(5-7-18)3-1-2-16-27/h4-15,27H,1-3,16H2. The van der Waals surface area contributed by atoms with Crippen LogP contribution < -0.4 is 4.74 Å².